The minimum absolute atomic E-state index is 0.0296. The fraction of sp³-hybridized carbons (Fsp3) is 1.00. The lowest BCUT2D eigenvalue weighted by molar-refractivity contribution is -0.153. The first kappa shape index (κ1) is 13.9. The Morgan fingerprint density at radius 1 is 0.789 bits per heavy atom. The van der Waals surface area contributed by atoms with Gasteiger partial charge in [0.25, 0.3) is 0 Å². The van der Waals surface area contributed by atoms with E-state index < -0.39 is 0 Å². The molecule has 5 heteroatoms. The first-order valence-electron chi connectivity index (χ1n) is 7.49. The van der Waals surface area contributed by atoms with Crippen molar-refractivity contribution in [2.24, 2.45) is 0 Å². The van der Waals surface area contributed by atoms with Gasteiger partial charge in [-0.2, -0.15) is 0 Å². The Morgan fingerprint density at radius 3 is 1.47 bits per heavy atom. The lowest BCUT2D eigenvalue weighted by Crippen LogP contribution is -2.56. The molecule has 2 saturated carbocycles. The van der Waals surface area contributed by atoms with Gasteiger partial charge in [-0.3, -0.25) is 0 Å². The highest BCUT2D eigenvalue weighted by Gasteiger charge is 2.57. The van der Waals surface area contributed by atoms with Crippen molar-refractivity contribution in [3.05, 3.63) is 0 Å². The van der Waals surface area contributed by atoms with Crippen LogP contribution in [0.25, 0.3) is 0 Å². The first-order chi connectivity index (χ1) is 9.26. The average molecular weight is 267 g/mol. The molecule has 3 aliphatic rings. The van der Waals surface area contributed by atoms with Gasteiger partial charge < -0.3 is 18.8 Å². The van der Waals surface area contributed by atoms with Gasteiger partial charge in [-0.15, -0.1) is 0 Å². The van der Waals surface area contributed by atoms with Crippen molar-refractivity contribution in [3.8, 4) is 0 Å². The number of methoxy groups -OCH3 is 2. The predicted octanol–water partition coefficient (Wildman–Crippen LogP) is 2.22. The van der Waals surface area contributed by atoms with Gasteiger partial charge in [0.05, 0.1) is 23.4 Å². The Labute approximate surface area is 116 Å². The second kappa shape index (κ2) is 5.36. The highest BCUT2D eigenvalue weighted by molar-refractivity contribution is 6.19. The summed E-state index contributed by atoms with van der Waals surface area (Å²) in [6.07, 6.45) is 9.00. The maximum Gasteiger partial charge on any atom is 0.488 e. The lowest BCUT2D eigenvalue weighted by atomic mass is 9.81. The second-order valence-electron chi connectivity index (χ2n) is 6.16. The van der Waals surface area contributed by atoms with Gasteiger partial charge in [0.1, 0.15) is 0 Å². The molecule has 1 radical (unpaired) electrons. The number of hydrogen-bond acceptors (Lipinski definition) is 4. The average Bonchev–Trinajstić information content (AvgIpc) is 3.18. The van der Waals surface area contributed by atoms with Crippen LogP contribution in [0.3, 0.4) is 0 Å². The molecule has 3 rings (SSSR count). The normalized spacial score (nSPS) is 36.5. The fourth-order valence-corrected chi connectivity index (χ4v) is 4.25. The topological polar surface area (TPSA) is 36.9 Å². The van der Waals surface area contributed by atoms with Crippen LogP contribution in [0.4, 0.5) is 0 Å². The summed E-state index contributed by atoms with van der Waals surface area (Å²) in [6, 6.07) is 0. The minimum atomic E-state index is -0.189. The second-order valence-corrected chi connectivity index (χ2v) is 6.16. The summed E-state index contributed by atoms with van der Waals surface area (Å²) >= 11 is 0. The SMILES string of the molecule is COC1(C2O[B]OC2C2(OC)CCCC2)CCCC1. The molecule has 1 heterocycles. The van der Waals surface area contributed by atoms with Gasteiger partial charge >= 0.3 is 7.69 Å². The van der Waals surface area contributed by atoms with E-state index >= 15 is 0 Å². The Kier molecular flexibility index (Phi) is 3.91. The predicted molar refractivity (Wildman–Crippen MR) is 71.9 cm³/mol. The van der Waals surface area contributed by atoms with Gasteiger partial charge in [0, 0.05) is 14.2 Å². The first-order valence-corrected chi connectivity index (χ1v) is 7.49. The minimum Gasteiger partial charge on any atom is -0.405 e. The Morgan fingerprint density at radius 2 is 1.16 bits per heavy atom. The molecule has 0 aromatic heterocycles. The maximum absolute atomic E-state index is 5.88. The van der Waals surface area contributed by atoms with Crippen molar-refractivity contribution in [2.45, 2.75) is 74.8 Å². The zero-order chi connectivity index (χ0) is 13.3. The van der Waals surface area contributed by atoms with Crippen LogP contribution in [0, 0.1) is 0 Å². The van der Waals surface area contributed by atoms with Crippen molar-refractivity contribution in [1.29, 1.82) is 0 Å². The van der Waals surface area contributed by atoms with Crippen LogP contribution in [0.15, 0.2) is 0 Å². The molecule has 4 nitrogen and oxygen atoms in total. The van der Waals surface area contributed by atoms with Gasteiger partial charge in [0.15, 0.2) is 0 Å². The zero-order valence-corrected chi connectivity index (χ0v) is 12.0. The molecule has 107 valence electrons. The van der Waals surface area contributed by atoms with Crippen LogP contribution in [0.2, 0.25) is 0 Å². The monoisotopic (exact) mass is 267 g/mol. The molecule has 3 fully saturated rings. The molecule has 0 aromatic carbocycles. The molecule has 1 aliphatic heterocycles. The molecule has 2 atom stereocenters. The summed E-state index contributed by atoms with van der Waals surface area (Å²) in [5.74, 6) is 0. The number of rotatable bonds is 4. The third-order valence-electron chi connectivity index (χ3n) is 5.43. The summed E-state index contributed by atoms with van der Waals surface area (Å²) < 4.78 is 23.4. The number of hydrogen-bond donors (Lipinski definition) is 0. The van der Waals surface area contributed by atoms with Crippen molar-refractivity contribution < 1.29 is 18.8 Å². The summed E-state index contributed by atoms with van der Waals surface area (Å²) in [5.41, 5.74) is -0.377. The van der Waals surface area contributed by atoms with E-state index in [9.17, 15) is 0 Å². The smallest absolute Gasteiger partial charge is 0.405 e. The Balaban J connectivity index is 1.84. The number of ether oxygens (including phenoxy) is 2. The van der Waals surface area contributed by atoms with Crippen molar-refractivity contribution in [2.75, 3.05) is 14.2 Å². The molecule has 19 heavy (non-hydrogen) atoms. The molecule has 0 N–H and O–H groups in total. The van der Waals surface area contributed by atoms with Crippen molar-refractivity contribution >= 4 is 7.69 Å². The summed E-state index contributed by atoms with van der Waals surface area (Å²) in [7, 11) is 5.11. The quantitative estimate of drug-likeness (QED) is 0.732. The van der Waals surface area contributed by atoms with E-state index in [4.69, 9.17) is 18.8 Å². The maximum atomic E-state index is 5.88. The Bertz CT molecular complexity index is 281. The summed E-state index contributed by atoms with van der Waals surface area (Å²) in [4.78, 5) is 0. The van der Waals surface area contributed by atoms with Crippen LogP contribution >= 0.6 is 0 Å². The van der Waals surface area contributed by atoms with E-state index in [0.717, 1.165) is 25.7 Å². The lowest BCUT2D eigenvalue weighted by Gasteiger charge is -2.43. The van der Waals surface area contributed by atoms with E-state index in [1.165, 1.54) is 33.4 Å². The molecule has 0 aromatic rings. The summed E-state index contributed by atoms with van der Waals surface area (Å²) in [6.45, 7) is 0. The van der Waals surface area contributed by atoms with Crippen LogP contribution in [-0.4, -0.2) is 45.3 Å². The van der Waals surface area contributed by atoms with Gasteiger partial charge in [-0.1, -0.05) is 25.7 Å². The van der Waals surface area contributed by atoms with E-state index in [1.807, 2.05) is 0 Å². The van der Waals surface area contributed by atoms with Gasteiger partial charge in [0.2, 0.25) is 0 Å². The molecule has 0 bridgehead atoms. The molecule has 1 saturated heterocycles. The third-order valence-corrected chi connectivity index (χ3v) is 5.43. The van der Waals surface area contributed by atoms with Crippen molar-refractivity contribution in [3.63, 3.8) is 0 Å². The fourth-order valence-electron chi connectivity index (χ4n) is 4.25. The Hall–Kier alpha value is -0.0951. The van der Waals surface area contributed by atoms with Crippen LogP contribution in [0.1, 0.15) is 51.4 Å². The highest BCUT2D eigenvalue weighted by atomic mass is 16.7. The van der Waals surface area contributed by atoms with E-state index in [1.54, 1.807) is 14.2 Å². The van der Waals surface area contributed by atoms with Crippen LogP contribution in [0.5, 0.6) is 0 Å². The zero-order valence-electron chi connectivity index (χ0n) is 12.0. The van der Waals surface area contributed by atoms with Gasteiger partial charge in [-0.25, -0.2) is 0 Å². The summed E-state index contributed by atoms with van der Waals surface area (Å²) in [5, 5.41) is 0. The molecule has 2 aliphatic carbocycles. The molecular formula is C14H24BO4. The third kappa shape index (κ3) is 2.15. The largest absolute Gasteiger partial charge is 0.488 e. The molecule has 0 amide bonds. The molecule has 2 unspecified atom stereocenters. The van der Waals surface area contributed by atoms with E-state index in [-0.39, 0.29) is 23.4 Å². The van der Waals surface area contributed by atoms with E-state index in [2.05, 4.69) is 0 Å². The van der Waals surface area contributed by atoms with Crippen LogP contribution in [-0.2, 0) is 18.8 Å². The van der Waals surface area contributed by atoms with Crippen molar-refractivity contribution in [1.82, 2.24) is 0 Å². The van der Waals surface area contributed by atoms with Crippen LogP contribution < -0.4 is 0 Å². The molecular weight excluding hydrogens is 243 g/mol. The molecule has 0 spiro atoms. The highest BCUT2D eigenvalue weighted by Crippen LogP contribution is 2.47. The standard InChI is InChI=1S/C14H24BO4/c1-16-13(7-3-4-8-13)11-12(19-15-18-11)14(17-2)9-5-6-10-14/h11-12H,3-10H2,1-2H3. The van der Waals surface area contributed by atoms with E-state index in [0.29, 0.717) is 0 Å². The van der Waals surface area contributed by atoms with Gasteiger partial charge in [-0.05, 0) is 25.7 Å².